The summed E-state index contributed by atoms with van der Waals surface area (Å²) in [6, 6.07) is 17.6. The lowest BCUT2D eigenvalue weighted by Crippen LogP contribution is -2.11. The molecule has 4 heteroatoms. The molecule has 0 bridgehead atoms. The molecule has 1 unspecified atom stereocenters. The van der Waals surface area contributed by atoms with Gasteiger partial charge in [0.2, 0.25) is 0 Å². The molecule has 2 aromatic rings. The highest BCUT2D eigenvalue weighted by Gasteiger charge is 2.10. The summed E-state index contributed by atoms with van der Waals surface area (Å²) in [7, 11) is 3.22. The van der Waals surface area contributed by atoms with Crippen LogP contribution in [0.25, 0.3) is 0 Å². The molecule has 0 fully saturated rings. The average molecular weight is 282 g/mol. The van der Waals surface area contributed by atoms with E-state index in [9.17, 15) is 5.26 Å². The molecule has 0 aliphatic heterocycles. The Morgan fingerprint density at radius 2 is 1.67 bits per heavy atom. The predicted octanol–water partition coefficient (Wildman–Crippen LogP) is 3.42. The van der Waals surface area contributed by atoms with Crippen molar-refractivity contribution in [1.29, 1.82) is 5.26 Å². The maximum atomic E-state index is 9.32. The van der Waals surface area contributed by atoms with Crippen LogP contribution in [0.3, 0.4) is 0 Å². The quantitative estimate of drug-likeness (QED) is 0.882. The Balaban J connectivity index is 2.10. The lowest BCUT2D eigenvalue weighted by molar-refractivity contribution is 0.394. The lowest BCUT2D eigenvalue weighted by atomic mass is 10.0. The second kappa shape index (κ2) is 7.20. The van der Waals surface area contributed by atoms with Crippen molar-refractivity contribution < 1.29 is 9.47 Å². The summed E-state index contributed by atoms with van der Waals surface area (Å²) in [5.74, 6) is 1.22. The molecule has 2 aromatic carbocycles. The van der Waals surface area contributed by atoms with Gasteiger partial charge in [0.25, 0.3) is 0 Å². The first-order chi connectivity index (χ1) is 10.3. The van der Waals surface area contributed by atoms with Crippen LogP contribution in [0, 0.1) is 11.3 Å². The smallest absolute Gasteiger partial charge is 0.124 e. The minimum atomic E-state index is -0.205. The second-order valence-corrected chi connectivity index (χ2v) is 4.57. The molecule has 1 N–H and O–H groups in total. The highest BCUT2D eigenvalue weighted by molar-refractivity contribution is 5.54. The maximum absolute atomic E-state index is 9.32. The Labute approximate surface area is 124 Å². The number of anilines is 1. The summed E-state index contributed by atoms with van der Waals surface area (Å²) in [4.78, 5) is 0. The van der Waals surface area contributed by atoms with Gasteiger partial charge in [0.15, 0.2) is 0 Å². The number of ether oxygens (including phenoxy) is 2. The van der Waals surface area contributed by atoms with Crippen molar-refractivity contribution in [2.45, 2.75) is 5.92 Å². The summed E-state index contributed by atoms with van der Waals surface area (Å²) in [6.07, 6.45) is 0. The van der Waals surface area contributed by atoms with Crippen LogP contribution in [-0.4, -0.2) is 20.8 Å². The van der Waals surface area contributed by atoms with E-state index in [-0.39, 0.29) is 5.92 Å². The molecule has 0 saturated carbocycles. The number of hydrogen-bond acceptors (Lipinski definition) is 4. The molecule has 108 valence electrons. The molecule has 0 radical (unpaired) electrons. The molecule has 0 spiro atoms. The zero-order valence-electron chi connectivity index (χ0n) is 12.2. The Morgan fingerprint density at radius 1 is 1.05 bits per heavy atom. The molecule has 4 nitrogen and oxygen atoms in total. The van der Waals surface area contributed by atoms with Gasteiger partial charge in [-0.05, 0) is 5.56 Å². The molecule has 2 rings (SSSR count). The fraction of sp³-hybridized carbons (Fsp3) is 0.235. The molecular formula is C17H18N2O2. The minimum Gasteiger partial charge on any atom is -0.497 e. The number of nitrogens with one attached hydrogen (secondary N) is 1. The van der Waals surface area contributed by atoms with Gasteiger partial charge < -0.3 is 14.8 Å². The van der Waals surface area contributed by atoms with Crippen LogP contribution in [0.1, 0.15) is 11.5 Å². The minimum absolute atomic E-state index is 0.205. The van der Waals surface area contributed by atoms with Gasteiger partial charge in [0.05, 0.1) is 26.2 Å². The summed E-state index contributed by atoms with van der Waals surface area (Å²) in [5, 5.41) is 12.6. The second-order valence-electron chi connectivity index (χ2n) is 4.57. The van der Waals surface area contributed by atoms with Crippen molar-refractivity contribution in [2.75, 3.05) is 26.1 Å². The summed E-state index contributed by atoms with van der Waals surface area (Å²) in [6.45, 7) is 0.525. The molecule has 0 amide bonds. The third-order valence-corrected chi connectivity index (χ3v) is 3.22. The van der Waals surface area contributed by atoms with E-state index in [0.29, 0.717) is 18.0 Å². The summed E-state index contributed by atoms with van der Waals surface area (Å²) < 4.78 is 10.5. The van der Waals surface area contributed by atoms with E-state index in [4.69, 9.17) is 9.47 Å². The zero-order chi connectivity index (χ0) is 15.1. The maximum Gasteiger partial charge on any atom is 0.124 e. The van der Waals surface area contributed by atoms with E-state index in [1.54, 1.807) is 14.2 Å². The molecule has 0 aromatic heterocycles. The van der Waals surface area contributed by atoms with Crippen molar-refractivity contribution in [3.63, 3.8) is 0 Å². The van der Waals surface area contributed by atoms with Gasteiger partial charge in [-0.25, -0.2) is 0 Å². The Hall–Kier alpha value is -2.67. The van der Waals surface area contributed by atoms with Crippen LogP contribution in [0.4, 0.5) is 5.69 Å². The van der Waals surface area contributed by atoms with Crippen molar-refractivity contribution in [1.82, 2.24) is 0 Å². The number of hydrogen-bond donors (Lipinski definition) is 1. The highest BCUT2D eigenvalue weighted by atomic mass is 16.5. The van der Waals surface area contributed by atoms with Crippen LogP contribution in [0.2, 0.25) is 0 Å². The van der Waals surface area contributed by atoms with Gasteiger partial charge in [-0.3, -0.25) is 0 Å². The number of nitriles is 1. The van der Waals surface area contributed by atoms with Crippen molar-refractivity contribution in [3.05, 3.63) is 54.1 Å². The number of rotatable bonds is 6. The summed E-state index contributed by atoms with van der Waals surface area (Å²) in [5.41, 5.74) is 1.87. The van der Waals surface area contributed by atoms with Crippen molar-refractivity contribution >= 4 is 5.69 Å². The van der Waals surface area contributed by atoms with Crippen molar-refractivity contribution in [2.24, 2.45) is 0 Å². The first kappa shape index (κ1) is 14.7. The van der Waals surface area contributed by atoms with E-state index >= 15 is 0 Å². The molecule has 21 heavy (non-hydrogen) atoms. The first-order valence-electron chi connectivity index (χ1n) is 6.68. The summed E-state index contributed by atoms with van der Waals surface area (Å²) >= 11 is 0. The van der Waals surface area contributed by atoms with E-state index in [0.717, 1.165) is 11.3 Å². The van der Waals surface area contributed by atoms with E-state index in [1.807, 2.05) is 48.5 Å². The lowest BCUT2D eigenvalue weighted by Gasteiger charge is -2.14. The van der Waals surface area contributed by atoms with Crippen LogP contribution in [-0.2, 0) is 0 Å². The van der Waals surface area contributed by atoms with Crippen LogP contribution in [0.15, 0.2) is 48.5 Å². The Morgan fingerprint density at radius 3 is 2.19 bits per heavy atom. The predicted molar refractivity (Wildman–Crippen MR) is 82.8 cm³/mol. The largest absolute Gasteiger partial charge is 0.497 e. The molecule has 1 atom stereocenters. The van der Waals surface area contributed by atoms with Crippen LogP contribution in [0.5, 0.6) is 11.5 Å². The monoisotopic (exact) mass is 282 g/mol. The topological polar surface area (TPSA) is 54.3 Å². The molecule has 0 heterocycles. The van der Waals surface area contributed by atoms with Gasteiger partial charge in [-0.1, -0.05) is 30.3 Å². The van der Waals surface area contributed by atoms with E-state index in [1.165, 1.54) is 0 Å². The molecule has 0 aliphatic carbocycles. The Bertz CT molecular complexity index is 598. The standard InChI is InChI=1S/C17H18N2O2/c1-20-16-8-15(9-17(10-16)21-2)19-12-14(11-18)13-6-4-3-5-7-13/h3-10,14,19H,12H2,1-2H3. The third kappa shape index (κ3) is 3.90. The molecular weight excluding hydrogens is 264 g/mol. The van der Waals surface area contributed by atoms with Gasteiger partial charge in [-0.2, -0.15) is 5.26 Å². The zero-order valence-corrected chi connectivity index (χ0v) is 12.2. The molecule has 0 saturated heterocycles. The fourth-order valence-corrected chi connectivity index (χ4v) is 2.05. The van der Waals surface area contributed by atoms with Gasteiger partial charge in [-0.15, -0.1) is 0 Å². The number of methoxy groups -OCH3 is 2. The number of nitrogens with zero attached hydrogens (tertiary/aromatic N) is 1. The Kier molecular flexibility index (Phi) is 5.05. The first-order valence-corrected chi connectivity index (χ1v) is 6.68. The highest BCUT2D eigenvalue weighted by Crippen LogP contribution is 2.26. The van der Waals surface area contributed by atoms with Crippen molar-refractivity contribution in [3.8, 4) is 17.6 Å². The van der Waals surface area contributed by atoms with Crippen LogP contribution < -0.4 is 14.8 Å². The SMILES string of the molecule is COc1cc(NCC(C#N)c2ccccc2)cc(OC)c1. The fourth-order valence-electron chi connectivity index (χ4n) is 2.05. The number of benzene rings is 2. The van der Waals surface area contributed by atoms with Gasteiger partial charge in [0, 0.05) is 30.4 Å². The molecule has 0 aliphatic rings. The van der Waals surface area contributed by atoms with Gasteiger partial charge >= 0.3 is 0 Å². The van der Waals surface area contributed by atoms with E-state index in [2.05, 4.69) is 11.4 Å². The van der Waals surface area contributed by atoms with E-state index < -0.39 is 0 Å². The van der Waals surface area contributed by atoms with Crippen LogP contribution >= 0.6 is 0 Å². The van der Waals surface area contributed by atoms with Gasteiger partial charge in [0.1, 0.15) is 11.5 Å². The normalized spacial score (nSPS) is 11.3. The third-order valence-electron chi connectivity index (χ3n) is 3.22. The average Bonchev–Trinajstić information content (AvgIpc) is 2.56.